The van der Waals surface area contributed by atoms with Crippen LogP contribution >= 0.6 is 11.6 Å². The summed E-state index contributed by atoms with van der Waals surface area (Å²) in [5.41, 5.74) is 0. The van der Waals surface area contributed by atoms with Crippen LogP contribution < -0.4 is 4.90 Å². The molecule has 0 saturated carbocycles. The summed E-state index contributed by atoms with van der Waals surface area (Å²) in [5, 5.41) is 0.523. The second-order valence-electron chi connectivity index (χ2n) is 4.88. The smallest absolute Gasteiger partial charge is 0.134 e. The van der Waals surface area contributed by atoms with Crippen LogP contribution in [0.15, 0.2) is 6.07 Å². The summed E-state index contributed by atoms with van der Waals surface area (Å²) in [6, 6.07) is 1.84. The Morgan fingerprint density at radius 2 is 2.00 bits per heavy atom. The zero-order valence-corrected chi connectivity index (χ0v) is 11.9. The highest BCUT2D eigenvalue weighted by atomic mass is 35.5. The van der Waals surface area contributed by atoms with Crippen LogP contribution in [0.1, 0.15) is 33.0 Å². The van der Waals surface area contributed by atoms with E-state index in [2.05, 4.69) is 35.6 Å². The molecule has 1 aromatic rings. The van der Waals surface area contributed by atoms with Gasteiger partial charge in [-0.05, 0) is 20.3 Å². The topological polar surface area (TPSA) is 38.2 Å². The zero-order valence-electron chi connectivity index (χ0n) is 11.2. The molecule has 1 saturated heterocycles. The predicted octanol–water partition coefficient (Wildman–Crippen LogP) is 2.70. The van der Waals surface area contributed by atoms with E-state index in [9.17, 15) is 0 Å². The van der Waals surface area contributed by atoms with Crippen molar-refractivity contribution in [3.63, 3.8) is 0 Å². The predicted molar refractivity (Wildman–Crippen MR) is 73.3 cm³/mol. The maximum Gasteiger partial charge on any atom is 0.134 e. The van der Waals surface area contributed by atoms with Crippen LogP contribution in [0.2, 0.25) is 5.15 Å². The molecule has 0 unspecified atom stereocenters. The van der Waals surface area contributed by atoms with Crippen LogP contribution in [-0.4, -0.2) is 35.3 Å². The van der Waals surface area contributed by atoms with Crippen LogP contribution in [0.25, 0.3) is 0 Å². The molecule has 1 fully saturated rings. The first-order valence-corrected chi connectivity index (χ1v) is 6.90. The molecule has 0 radical (unpaired) electrons. The number of nitrogens with zero attached hydrogens (tertiary/aromatic N) is 3. The lowest BCUT2D eigenvalue weighted by Gasteiger charge is -2.36. The Balaban J connectivity index is 2.21. The van der Waals surface area contributed by atoms with Gasteiger partial charge in [-0.2, -0.15) is 0 Å². The summed E-state index contributed by atoms with van der Waals surface area (Å²) in [4.78, 5) is 11.1. The van der Waals surface area contributed by atoms with Crippen LogP contribution in [-0.2, 0) is 11.2 Å². The number of anilines is 1. The van der Waals surface area contributed by atoms with E-state index >= 15 is 0 Å². The molecule has 0 bridgehead atoms. The lowest BCUT2D eigenvalue weighted by atomic mass is 10.2. The average molecular weight is 270 g/mol. The first kappa shape index (κ1) is 13.6. The lowest BCUT2D eigenvalue weighted by Crippen LogP contribution is -2.46. The Morgan fingerprint density at radius 3 is 2.61 bits per heavy atom. The van der Waals surface area contributed by atoms with Crippen molar-refractivity contribution < 1.29 is 4.74 Å². The van der Waals surface area contributed by atoms with Crippen LogP contribution in [0.5, 0.6) is 0 Å². The van der Waals surface area contributed by atoms with E-state index in [0.29, 0.717) is 5.15 Å². The van der Waals surface area contributed by atoms with Crippen molar-refractivity contribution >= 4 is 17.4 Å². The quantitative estimate of drug-likeness (QED) is 0.791. The van der Waals surface area contributed by atoms with E-state index in [1.54, 1.807) is 0 Å². The minimum absolute atomic E-state index is 0.220. The Labute approximate surface area is 113 Å². The maximum atomic E-state index is 6.07. The highest BCUT2D eigenvalue weighted by Crippen LogP contribution is 2.21. The Hall–Kier alpha value is -0.870. The van der Waals surface area contributed by atoms with Gasteiger partial charge >= 0.3 is 0 Å². The Morgan fingerprint density at radius 1 is 1.33 bits per heavy atom. The van der Waals surface area contributed by atoms with Crippen molar-refractivity contribution in [3.8, 4) is 0 Å². The fourth-order valence-electron chi connectivity index (χ4n) is 2.31. The van der Waals surface area contributed by atoms with Crippen molar-refractivity contribution in [2.24, 2.45) is 0 Å². The summed E-state index contributed by atoms with van der Waals surface area (Å²) >= 11 is 6.07. The van der Waals surface area contributed by atoms with Crippen molar-refractivity contribution in [3.05, 3.63) is 17.0 Å². The van der Waals surface area contributed by atoms with Gasteiger partial charge in [-0.3, -0.25) is 0 Å². The van der Waals surface area contributed by atoms with Crippen molar-refractivity contribution in [1.29, 1.82) is 0 Å². The van der Waals surface area contributed by atoms with E-state index in [-0.39, 0.29) is 12.2 Å². The number of ether oxygens (including phenoxy) is 1. The second-order valence-corrected chi connectivity index (χ2v) is 5.26. The number of hydrogen-bond donors (Lipinski definition) is 0. The summed E-state index contributed by atoms with van der Waals surface area (Å²) in [6.07, 6.45) is 2.33. The summed E-state index contributed by atoms with van der Waals surface area (Å²) in [6.45, 7) is 7.98. The molecule has 0 aromatic carbocycles. The molecule has 5 heteroatoms. The minimum Gasteiger partial charge on any atom is -0.372 e. The van der Waals surface area contributed by atoms with E-state index in [0.717, 1.165) is 37.6 Å². The van der Waals surface area contributed by atoms with Gasteiger partial charge in [-0.1, -0.05) is 18.5 Å². The molecule has 4 nitrogen and oxygen atoms in total. The molecule has 0 spiro atoms. The first-order chi connectivity index (χ1) is 8.58. The highest BCUT2D eigenvalue weighted by molar-refractivity contribution is 6.29. The van der Waals surface area contributed by atoms with Crippen LogP contribution in [0.3, 0.4) is 0 Å². The Bertz CT molecular complexity index is 403. The molecule has 0 N–H and O–H groups in total. The van der Waals surface area contributed by atoms with Gasteiger partial charge in [-0.15, -0.1) is 0 Å². The summed E-state index contributed by atoms with van der Waals surface area (Å²) in [5.74, 6) is 1.74. The molecule has 18 heavy (non-hydrogen) atoms. The van der Waals surface area contributed by atoms with E-state index in [1.165, 1.54) is 0 Å². The fraction of sp³-hybridized carbons (Fsp3) is 0.692. The normalized spacial score (nSPS) is 24.3. The molecule has 2 rings (SSSR count). The number of aromatic nitrogens is 2. The molecule has 2 atom stereocenters. The van der Waals surface area contributed by atoms with Gasteiger partial charge in [0.05, 0.1) is 12.2 Å². The van der Waals surface area contributed by atoms with Gasteiger partial charge in [0.2, 0.25) is 0 Å². The zero-order chi connectivity index (χ0) is 13.1. The standard InChI is InChI=1S/C13H20ClN3O/c1-4-5-12-15-11(14)6-13(16-12)17-7-9(2)18-10(3)8-17/h6,9-10H,4-5,7-8H2,1-3H3/t9-,10+. The first-order valence-electron chi connectivity index (χ1n) is 6.52. The molecule has 0 aliphatic carbocycles. The number of aryl methyl sites for hydroxylation is 1. The van der Waals surface area contributed by atoms with E-state index < -0.39 is 0 Å². The van der Waals surface area contributed by atoms with Gasteiger partial charge in [0.15, 0.2) is 0 Å². The largest absolute Gasteiger partial charge is 0.372 e. The van der Waals surface area contributed by atoms with Gasteiger partial charge in [0.1, 0.15) is 16.8 Å². The second kappa shape index (κ2) is 5.85. The third-order valence-corrected chi connectivity index (χ3v) is 3.14. The molecule has 1 aliphatic heterocycles. The third-order valence-electron chi connectivity index (χ3n) is 2.94. The minimum atomic E-state index is 0.220. The van der Waals surface area contributed by atoms with Crippen molar-refractivity contribution in [1.82, 2.24) is 9.97 Å². The SMILES string of the molecule is CCCc1nc(Cl)cc(N2C[C@@H](C)O[C@@H](C)C2)n1. The van der Waals surface area contributed by atoms with Gasteiger partial charge in [0.25, 0.3) is 0 Å². The Kier molecular flexibility index (Phi) is 4.40. The van der Waals surface area contributed by atoms with Crippen molar-refractivity contribution in [2.75, 3.05) is 18.0 Å². The van der Waals surface area contributed by atoms with Gasteiger partial charge in [-0.25, -0.2) is 9.97 Å². The summed E-state index contributed by atoms with van der Waals surface area (Å²) in [7, 11) is 0. The van der Waals surface area contributed by atoms with E-state index in [1.807, 2.05) is 6.07 Å². The maximum absolute atomic E-state index is 6.07. The molecule has 1 aromatic heterocycles. The van der Waals surface area contributed by atoms with Gasteiger partial charge < -0.3 is 9.64 Å². The van der Waals surface area contributed by atoms with E-state index in [4.69, 9.17) is 16.3 Å². The molecule has 1 aliphatic rings. The summed E-state index contributed by atoms with van der Waals surface area (Å²) < 4.78 is 5.73. The number of rotatable bonds is 3. The number of halogens is 1. The average Bonchev–Trinajstić information content (AvgIpc) is 2.27. The monoisotopic (exact) mass is 269 g/mol. The highest BCUT2D eigenvalue weighted by Gasteiger charge is 2.23. The molecule has 2 heterocycles. The van der Waals surface area contributed by atoms with Crippen LogP contribution in [0.4, 0.5) is 5.82 Å². The van der Waals surface area contributed by atoms with Crippen LogP contribution in [0, 0.1) is 0 Å². The molecule has 0 amide bonds. The van der Waals surface area contributed by atoms with Gasteiger partial charge in [0, 0.05) is 25.6 Å². The fourth-order valence-corrected chi connectivity index (χ4v) is 2.51. The van der Waals surface area contributed by atoms with Crippen molar-refractivity contribution in [2.45, 2.75) is 45.8 Å². The third kappa shape index (κ3) is 3.33. The molecule has 100 valence electrons. The molecular weight excluding hydrogens is 250 g/mol. The molecular formula is C13H20ClN3O. The number of morpholine rings is 1. The lowest BCUT2D eigenvalue weighted by molar-refractivity contribution is -0.00547. The number of hydrogen-bond acceptors (Lipinski definition) is 4.